The molecule has 1 aromatic carbocycles. The van der Waals surface area contributed by atoms with Gasteiger partial charge in [-0.3, -0.25) is 4.79 Å². The Labute approximate surface area is 120 Å². The van der Waals surface area contributed by atoms with E-state index in [0.717, 1.165) is 5.56 Å². The summed E-state index contributed by atoms with van der Waals surface area (Å²) in [7, 11) is 0.132. The minimum absolute atomic E-state index is 0.121. The number of benzene rings is 1. The first-order valence-corrected chi connectivity index (χ1v) is 10.4. The van der Waals surface area contributed by atoms with E-state index in [1.165, 1.54) is 19.2 Å². The molecule has 2 rings (SSSR count). The van der Waals surface area contributed by atoms with E-state index in [1.807, 2.05) is 0 Å². The molecular formula is C16H21FO2Si. The molecule has 0 aromatic heterocycles. The molecule has 1 saturated carbocycles. The van der Waals surface area contributed by atoms with Crippen LogP contribution in [0.5, 0.6) is 0 Å². The number of rotatable bonds is 4. The van der Waals surface area contributed by atoms with Crippen LogP contribution >= 0.6 is 0 Å². The summed E-state index contributed by atoms with van der Waals surface area (Å²) in [6.45, 7) is 6.77. The van der Waals surface area contributed by atoms with Gasteiger partial charge in [-0.15, -0.1) is 0 Å². The smallest absolute Gasteiger partial charge is 0.309 e. The Morgan fingerprint density at radius 1 is 1.25 bits per heavy atom. The highest BCUT2D eigenvalue weighted by molar-refractivity contribution is 6.80. The van der Waals surface area contributed by atoms with Crippen LogP contribution in [0.3, 0.4) is 0 Å². The average molecular weight is 292 g/mol. The van der Waals surface area contributed by atoms with E-state index in [4.69, 9.17) is 4.74 Å². The Kier molecular flexibility index (Phi) is 4.13. The molecular weight excluding hydrogens is 271 g/mol. The van der Waals surface area contributed by atoms with Gasteiger partial charge in [-0.1, -0.05) is 43.5 Å². The number of halogens is 1. The molecule has 2 nitrogen and oxygen atoms in total. The molecule has 0 radical (unpaired) electrons. The molecule has 0 unspecified atom stereocenters. The Balaban J connectivity index is 2.20. The SMILES string of the molecule is COC(=O)[C@H]1[C@@H](/C=C/[Si](C)(C)C)[C@@H]1c1ccc(F)cc1. The molecule has 1 fully saturated rings. The van der Waals surface area contributed by atoms with Crippen molar-refractivity contribution in [3.8, 4) is 0 Å². The second kappa shape index (κ2) is 5.52. The van der Waals surface area contributed by atoms with Gasteiger partial charge in [0.1, 0.15) is 5.82 Å². The van der Waals surface area contributed by atoms with Crippen LogP contribution < -0.4 is 0 Å². The van der Waals surface area contributed by atoms with Gasteiger partial charge >= 0.3 is 5.97 Å². The second-order valence-corrected chi connectivity index (χ2v) is 11.5. The maximum Gasteiger partial charge on any atom is 0.309 e. The van der Waals surface area contributed by atoms with Gasteiger partial charge in [-0.05, 0) is 23.6 Å². The number of hydrogen-bond donors (Lipinski definition) is 0. The fraction of sp³-hybridized carbons (Fsp3) is 0.438. The largest absolute Gasteiger partial charge is 0.469 e. The van der Waals surface area contributed by atoms with E-state index in [2.05, 4.69) is 31.4 Å². The van der Waals surface area contributed by atoms with E-state index in [-0.39, 0.29) is 29.5 Å². The van der Waals surface area contributed by atoms with Crippen molar-refractivity contribution < 1.29 is 13.9 Å². The molecule has 0 heterocycles. The number of methoxy groups -OCH3 is 1. The summed E-state index contributed by atoms with van der Waals surface area (Å²) in [6, 6.07) is 6.42. The van der Waals surface area contributed by atoms with Crippen LogP contribution in [0, 0.1) is 17.7 Å². The van der Waals surface area contributed by atoms with Gasteiger partial charge in [0.2, 0.25) is 0 Å². The first-order valence-electron chi connectivity index (χ1n) is 6.86. The summed E-state index contributed by atoms with van der Waals surface area (Å²) in [4.78, 5) is 11.8. The van der Waals surface area contributed by atoms with Crippen LogP contribution in [0.2, 0.25) is 19.6 Å². The standard InChI is InChI=1S/C16H21FO2Si/c1-19-16(18)15-13(9-10-20(2,3)4)14(15)11-5-7-12(17)8-6-11/h5-10,13-15H,1-4H3/b10-9+/t13-,14-,15-/m0/s1. The third-order valence-electron chi connectivity index (χ3n) is 3.62. The normalized spacial score (nSPS) is 25.8. The quantitative estimate of drug-likeness (QED) is 0.624. The van der Waals surface area contributed by atoms with Crippen LogP contribution in [0.1, 0.15) is 11.5 Å². The lowest BCUT2D eigenvalue weighted by atomic mass is 10.1. The maximum absolute atomic E-state index is 13.0. The summed E-state index contributed by atoms with van der Waals surface area (Å²) in [6.07, 6.45) is 2.15. The summed E-state index contributed by atoms with van der Waals surface area (Å²) in [5.41, 5.74) is 3.27. The molecule has 1 aromatic rings. The summed E-state index contributed by atoms with van der Waals surface area (Å²) >= 11 is 0. The molecule has 0 saturated heterocycles. The summed E-state index contributed by atoms with van der Waals surface area (Å²) in [5.74, 6) is -0.254. The van der Waals surface area contributed by atoms with Crippen molar-refractivity contribution in [2.75, 3.05) is 7.11 Å². The second-order valence-electron chi connectivity index (χ2n) is 6.43. The van der Waals surface area contributed by atoms with E-state index in [1.54, 1.807) is 12.1 Å². The summed E-state index contributed by atoms with van der Waals surface area (Å²) in [5, 5.41) is 0. The van der Waals surface area contributed by atoms with Gasteiger partial charge in [-0.2, -0.15) is 0 Å². The van der Waals surface area contributed by atoms with Gasteiger partial charge in [0.15, 0.2) is 0 Å². The highest BCUT2D eigenvalue weighted by Gasteiger charge is 2.54. The molecule has 0 amide bonds. The molecule has 20 heavy (non-hydrogen) atoms. The Bertz CT molecular complexity index is 516. The number of hydrogen-bond acceptors (Lipinski definition) is 2. The van der Waals surface area contributed by atoms with E-state index in [9.17, 15) is 9.18 Å². The van der Waals surface area contributed by atoms with Gasteiger partial charge in [-0.25, -0.2) is 4.39 Å². The van der Waals surface area contributed by atoms with Crippen molar-refractivity contribution in [3.05, 3.63) is 47.4 Å². The molecule has 108 valence electrons. The highest BCUT2D eigenvalue weighted by atomic mass is 28.3. The molecule has 1 aliphatic rings. The lowest BCUT2D eigenvalue weighted by Crippen LogP contribution is -2.15. The van der Waals surface area contributed by atoms with E-state index in [0.29, 0.717) is 0 Å². The van der Waals surface area contributed by atoms with Gasteiger partial charge in [0, 0.05) is 5.92 Å². The van der Waals surface area contributed by atoms with Crippen molar-refractivity contribution in [1.29, 1.82) is 0 Å². The third kappa shape index (κ3) is 3.36. The first kappa shape index (κ1) is 15.0. The fourth-order valence-electron chi connectivity index (χ4n) is 2.53. The number of allylic oxidation sites excluding steroid dienone is 1. The zero-order chi connectivity index (χ0) is 14.9. The van der Waals surface area contributed by atoms with Crippen LogP contribution in [0.25, 0.3) is 0 Å². The lowest BCUT2D eigenvalue weighted by molar-refractivity contribution is -0.142. The van der Waals surface area contributed by atoms with Crippen LogP contribution in [0.15, 0.2) is 36.0 Å². The molecule has 3 atom stereocenters. The zero-order valence-corrected chi connectivity index (χ0v) is 13.4. The van der Waals surface area contributed by atoms with Crippen molar-refractivity contribution >= 4 is 14.0 Å². The molecule has 0 spiro atoms. The minimum Gasteiger partial charge on any atom is -0.469 e. The molecule has 1 aliphatic carbocycles. The van der Waals surface area contributed by atoms with Crippen LogP contribution in [-0.2, 0) is 9.53 Å². The van der Waals surface area contributed by atoms with E-state index < -0.39 is 8.07 Å². The van der Waals surface area contributed by atoms with Crippen LogP contribution in [-0.4, -0.2) is 21.2 Å². The predicted octanol–water partition coefficient (Wildman–Crippen LogP) is 3.76. The molecule has 0 aliphatic heterocycles. The average Bonchev–Trinajstić information content (AvgIpc) is 3.10. The Hall–Kier alpha value is -1.42. The van der Waals surface area contributed by atoms with Gasteiger partial charge in [0.05, 0.1) is 21.1 Å². The van der Waals surface area contributed by atoms with Crippen molar-refractivity contribution in [2.24, 2.45) is 11.8 Å². The number of ether oxygens (including phenoxy) is 1. The van der Waals surface area contributed by atoms with Crippen molar-refractivity contribution in [1.82, 2.24) is 0 Å². The maximum atomic E-state index is 13.0. The first-order chi connectivity index (χ1) is 9.33. The number of esters is 1. The highest BCUT2D eigenvalue weighted by Crippen LogP contribution is 2.55. The van der Waals surface area contributed by atoms with E-state index >= 15 is 0 Å². The lowest BCUT2D eigenvalue weighted by Gasteiger charge is -2.07. The van der Waals surface area contributed by atoms with Crippen LogP contribution in [0.4, 0.5) is 4.39 Å². The number of carbonyl (C=O) groups is 1. The minimum atomic E-state index is -1.29. The Morgan fingerprint density at radius 2 is 1.85 bits per heavy atom. The molecule has 4 heteroatoms. The molecule has 0 N–H and O–H groups in total. The topological polar surface area (TPSA) is 26.3 Å². The Morgan fingerprint density at radius 3 is 2.35 bits per heavy atom. The van der Waals surface area contributed by atoms with Gasteiger partial charge in [0.25, 0.3) is 0 Å². The third-order valence-corrected chi connectivity index (χ3v) is 4.81. The van der Waals surface area contributed by atoms with Gasteiger partial charge < -0.3 is 4.74 Å². The molecule has 0 bridgehead atoms. The fourth-order valence-corrected chi connectivity index (χ4v) is 3.33. The van der Waals surface area contributed by atoms with Crippen molar-refractivity contribution in [3.63, 3.8) is 0 Å². The zero-order valence-electron chi connectivity index (χ0n) is 12.4. The monoisotopic (exact) mass is 292 g/mol. The predicted molar refractivity (Wildman–Crippen MR) is 80.6 cm³/mol. The summed E-state index contributed by atoms with van der Waals surface area (Å²) < 4.78 is 17.9. The number of carbonyl (C=O) groups excluding carboxylic acids is 1. The van der Waals surface area contributed by atoms with Crippen molar-refractivity contribution in [2.45, 2.75) is 25.6 Å².